The molecule has 106 valence electrons. The molecule has 0 amide bonds. The first kappa shape index (κ1) is 14.1. The molecule has 1 aliphatic carbocycles. The molecule has 1 unspecified atom stereocenters. The van der Waals surface area contributed by atoms with E-state index in [9.17, 15) is 4.39 Å². The Hall–Kier alpha value is -0.900. The fourth-order valence-electron chi connectivity index (χ4n) is 2.78. The predicted octanol–water partition coefficient (Wildman–Crippen LogP) is 4.53. The largest absolute Gasteiger partial charge is 0.312 e. The quantitative estimate of drug-likeness (QED) is 0.875. The number of halogens is 2. The molecule has 0 spiro atoms. The molecule has 0 saturated carbocycles. The number of likely N-dealkylation sites (N-methyl/N-ethyl adjacent to an activating group) is 1. The average Bonchev–Trinajstić information content (AvgIpc) is 2.98. The molecule has 1 aromatic carbocycles. The summed E-state index contributed by atoms with van der Waals surface area (Å²) in [6.07, 6.45) is 4.50. The van der Waals surface area contributed by atoms with Gasteiger partial charge in [0, 0.05) is 20.8 Å². The summed E-state index contributed by atoms with van der Waals surface area (Å²) in [7, 11) is 1.97. The Morgan fingerprint density at radius 3 is 2.90 bits per heavy atom. The van der Waals surface area contributed by atoms with E-state index in [1.165, 1.54) is 46.7 Å². The van der Waals surface area contributed by atoms with Crippen molar-refractivity contribution in [3.63, 3.8) is 0 Å². The number of hydrogen-bond acceptors (Lipinski definition) is 2. The van der Waals surface area contributed by atoms with Crippen LogP contribution in [0.5, 0.6) is 0 Å². The minimum Gasteiger partial charge on any atom is -0.312 e. The van der Waals surface area contributed by atoms with Crippen LogP contribution in [0.15, 0.2) is 24.3 Å². The molecule has 0 fully saturated rings. The lowest BCUT2D eigenvalue weighted by molar-refractivity contribution is 0.597. The van der Waals surface area contributed by atoms with Crippen molar-refractivity contribution in [1.29, 1.82) is 0 Å². The van der Waals surface area contributed by atoms with Gasteiger partial charge in [-0.15, -0.1) is 11.3 Å². The van der Waals surface area contributed by atoms with Crippen LogP contribution in [0.25, 0.3) is 0 Å². The molecule has 4 heteroatoms. The third kappa shape index (κ3) is 2.76. The average molecular weight is 310 g/mol. The number of thiophene rings is 1. The zero-order chi connectivity index (χ0) is 14.1. The fraction of sp³-hybridized carbons (Fsp3) is 0.375. The molecule has 2 aromatic rings. The number of hydrogen-bond donors (Lipinski definition) is 1. The van der Waals surface area contributed by atoms with E-state index in [1.807, 2.05) is 18.4 Å². The molecule has 0 aliphatic heterocycles. The van der Waals surface area contributed by atoms with Crippen LogP contribution in [0, 0.1) is 5.82 Å². The monoisotopic (exact) mass is 309 g/mol. The number of nitrogens with one attached hydrogen (secondary N) is 1. The number of rotatable bonds is 4. The summed E-state index contributed by atoms with van der Waals surface area (Å²) in [6, 6.07) is 7.21. The molecular weight excluding hydrogens is 293 g/mol. The highest BCUT2D eigenvalue weighted by Gasteiger charge is 2.20. The van der Waals surface area contributed by atoms with Gasteiger partial charge in [-0.2, -0.15) is 0 Å². The Kier molecular flexibility index (Phi) is 4.11. The molecule has 0 saturated heterocycles. The molecule has 1 nitrogen and oxygen atoms in total. The van der Waals surface area contributed by atoms with Gasteiger partial charge in [0.1, 0.15) is 5.82 Å². The number of benzene rings is 1. The standard InChI is InChI=1S/C16H17ClFNS/c1-19-14(7-10-5-6-12(18)9-13(10)17)16-8-11-3-2-4-15(11)20-16/h5-6,8-9,14,19H,2-4,7H2,1H3. The first-order chi connectivity index (χ1) is 9.67. The third-order valence-electron chi connectivity index (χ3n) is 3.90. The van der Waals surface area contributed by atoms with Crippen LogP contribution < -0.4 is 5.32 Å². The topological polar surface area (TPSA) is 12.0 Å². The maximum absolute atomic E-state index is 13.1. The summed E-state index contributed by atoms with van der Waals surface area (Å²) >= 11 is 8.03. The van der Waals surface area contributed by atoms with E-state index in [2.05, 4.69) is 11.4 Å². The third-order valence-corrected chi connectivity index (χ3v) is 5.60. The Morgan fingerprint density at radius 2 is 2.20 bits per heavy atom. The molecule has 1 N–H and O–H groups in total. The lowest BCUT2D eigenvalue weighted by Gasteiger charge is -2.15. The van der Waals surface area contributed by atoms with Crippen LogP contribution >= 0.6 is 22.9 Å². The molecule has 3 rings (SSSR count). The van der Waals surface area contributed by atoms with Crippen molar-refractivity contribution in [2.75, 3.05) is 7.05 Å². The fourth-order valence-corrected chi connectivity index (χ4v) is 4.39. The van der Waals surface area contributed by atoms with Gasteiger partial charge in [0.25, 0.3) is 0 Å². The number of aryl methyl sites for hydroxylation is 2. The van der Waals surface area contributed by atoms with Crippen molar-refractivity contribution in [3.05, 3.63) is 56.0 Å². The van der Waals surface area contributed by atoms with Crippen molar-refractivity contribution < 1.29 is 4.39 Å². The lowest BCUT2D eigenvalue weighted by Crippen LogP contribution is -2.18. The van der Waals surface area contributed by atoms with Gasteiger partial charge in [-0.05, 0) is 62.1 Å². The molecule has 20 heavy (non-hydrogen) atoms. The molecule has 1 heterocycles. The summed E-state index contributed by atoms with van der Waals surface area (Å²) < 4.78 is 13.1. The zero-order valence-corrected chi connectivity index (χ0v) is 13.0. The van der Waals surface area contributed by atoms with Crippen LogP contribution in [-0.4, -0.2) is 7.05 Å². The predicted molar refractivity (Wildman–Crippen MR) is 83.3 cm³/mol. The highest BCUT2D eigenvalue weighted by molar-refractivity contribution is 7.12. The van der Waals surface area contributed by atoms with Gasteiger partial charge < -0.3 is 5.32 Å². The first-order valence-corrected chi connectivity index (χ1v) is 8.09. The van der Waals surface area contributed by atoms with E-state index < -0.39 is 0 Å². The van der Waals surface area contributed by atoms with Crippen molar-refractivity contribution >= 4 is 22.9 Å². The summed E-state index contributed by atoms with van der Waals surface area (Å²) in [6.45, 7) is 0. The summed E-state index contributed by atoms with van der Waals surface area (Å²) in [5.74, 6) is -0.283. The van der Waals surface area contributed by atoms with Gasteiger partial charge in [-0.3, -0.25) is 0 Å². The second-order valence-corrected chi connectivity index (χ2v) is 6.81. The van der Waals surface area contributed by atoms with Crippen LogP contribution in [-0.2, 0) is 19.3 Å². The second-order valence-electron chi connectivity index (χ2n) is 5.23. The first-order valence-electron chi connectivity index (χ1n) is 6.90. The van der Waals surface area contributed by atoms with Crippen molar-refractivity contribution in [2.45, 2.75) is 31.7 Å². The molecule has 1 aromatic heterocycles. The molecule has 0 radical (unpaired) electrons. The van der Waals surface area contributed by atoms with Crippen molar-refractivity contribution in [1.82, 2.24) is 5.32 Å². The maximum atomic E-state index is 13.1. The van der Waals surface area contributed by atoms with E-state index in [0.29, 0.717) is 5.02 Å². The highest BCUT2D eigenvalue weighted by Crippen LogP contribution is 2.35. The van der Waals surface area contributed by atoms with Crippen LogP contribution in [0.2, 0.25) is 5.02 Å². The summed E-state index contributed by atoms with van der Waals surface area (Å²) in [4.78, 5) is 2.89. The van der Waals surface area contributed by atoms with Gasteiger partial charge in [0.15, 0.2) is 0 Å². The normalized spacial score (nSPS) is 15.3. The van der Waals surface area contributed by atoms with Gasteiger partial charge in [-0.25, -0.2) is 4.39 Å². The Labute approximate surface area is 127 Å². The minimum absolute atomic E-state index is 0.244. The van der Waals surface area contributed by atoms with Crippen LogP contribution in [0.4, 0.5) is 4.39 Å². The lowest BCUT2D eigenvalue weighted by atomic mass is 10.0. The molecular formula is C16H17ClFNS. The SMILES string of the molecule is CNC(Cc1ccc(F)cc1Cl)c1cc2c(s1)CCC2. The Balaban J connectivity index is 1.82. The number of fused-ring (bicyclic) bond motifs is 1. The molecule has 0 bridgehead atoms. The van der Waals surface area contributed by atoms with Gasteiger partial charge >= 0.3 is 0 Å². The van der Waals surface area contributed by atoms with Gasteiger partial charge in [0.05, 0.1) is 0 Å². The van der Waals surface area contributed by atoms with Crippen molar-refractivity contribution in [3.8, 4) is 0 Å². The van der Waals surface area contributed by atoms with E-state index in [0.717, 1.165) is 12.0 Å². The Morgan fingerprint density at radius 1 is 1.35 bits per heavy atom. The minimum atomic E-state index is -0.283. The van der Waals surface area contributed by atoms with Gasteiger partial charge in [-0.1, -0.05) is 17.7 Å². The van der Waals surface area contributed by atoms with E-state index in [1.54, 1.807) is 6.07 Å². The van der Waals surface area contributed by atoms with Gasteiger partial charge in [0.2, 0.25) is 0 Å². The molecule has 1 atom stereocenters. The van der Waals surface area contributed by atoms with Crippen LogP contribution in [0.1, 0.15) is 33.3 Å². The van der Waals surface area contributed by atoms with E-state index >= 15 is 0 Å². The van der Waals surface area contributed by atoms with E-state index in [-0.39, 0.29) is 11.9 Å². The highest BCUT2D eigenvalue weighted by atomic mass is 35.5. The smallest absolute Gasteiger partial charge is 0.124 e. The summed E-state index contributed by atoms with van der Waals surface area (Å²) in [5.41, 5.74) is 2.50. The maximum Gasteiger partial charge on any atom is 0.124 e. The molecule has 1 aliphatic rings. The summed E-state index contributed by atoms with van der Waals surface area (Å²) in [5, 5.41) is 3.86. The van der Waals surface area contributed by atoms with Crippen LogP contribution in [0.3, 0.4) is 0 Å². The Bertz CT molecular complexity index is 601. The van der Waals surface area contributed by atoms with E-state index in [4.69, 9.17) is 11.6 Å². The second kappa shape index (κ2) is 5.84. The zero-order valence-electron chi connectivity index (χ0n) is 11.4. The van der Waals surface area contributed by atoms with Crippen molar-refractivity contribution in [2.24, 2.45) is 0 Å².